The lowest BCUT2D eigenvalue weighted by Gasteiger charge is -2.29. The number of aromatic amines is 1. The molecule has 14 heteroatoms. The van der Waals surface area contributed by atoms with E-state index >= 15 is 0 Å². The molecule has 1 saturated carbocycles. The number of carbonyl (C=O) groups is 3. The number of ether oxygens (including phenoxy) is 2. The van der Waals surface area contributed by atoms with Crippen LogP contribution < -0.4 is 15.5 Å². The Bertz CT molecular complexity index is 1760. The van der Waals surface area contributed by atoms with Crippen molar-refractivity contribution in [2.24, 2.45) is 17.8 Å². The van der Waals surface area contributed by atoms with Crippen molar-refractivity contribution in [3.05, 3.63) is 66.5 Å². The van der Waals surface area contributed by atoms with E-state index in [1.807, 2.05) is 69.6 Å². The molecule has 6 rings (SSSR count). The Kier molecular flexibility index (Phi) is 11.8. The summed E-state index contributed by atoms with van der Waals surface area (Å²) >= 11 is 0. The predicted molar refractivity (Wildman–Crippen MR) is 195 cm³/mol. The third-order valence-corrected chi connectivity index (χ3v) is 9.51. The number of alkyl carbamates (subject to hydrolysis) is 1. The first kappa shape index (κ1) is 36.5. The highest BCUT2D eigenvalue weighted by Crippen LogP contribution is 2.32. The monoisotopic (exact) mass is 709 g/mol. The molecule has 2 aliphatic rings. The van der Waals surface area contributed by atoms with E-state index in [1.165, 1.54) is 0 Å². The van der Waals surface area contributed by atoms with Gasteiger partial charge in [0.2, 0.25) is 17.7 Å². The lowest BCUT2D eigenvalue weighted by Crippen LogP contribution is -2.37. The number of anilines is 2. The molecule has 1 aliphatic carbocycles. The van der Waals surface area contributed by atoms with E-state index in [1.54, 1.807) is 12.1 Å². The zero-order valence-electron chi connectivity index (χ0n) is 30.0. The molecule has 0 spiro atoms. The molecule has 1 saturated heterocycles. The summed E-state index contributed by atoms with van der Waals surface area (Å²) in [4.78, 5) is 50.9. The zero-order valence-corrected chi connectivity index (χ0v) is 30.0. The van der Waals surface area contributed by atoms with Gasteiger partial charge in [-0.15, -0.1) is 10.2 Å². The van der Waals surface area contributed by atoms with Gasteiger partial charge in [0, 0.05) is 67.1 Å². The van der Waals surface area contributed by atoms with E-state index in [-0.39, 0.29) is 29.9 Å². The highest BCUT2D eigenvalue weighted by atomic mass is 16.6. The number of carbonyl (C=O) groups excluding carboxylic acids is 3. The maximum Gasteiger partial charge on any atom is 0.407 e. The fourth-order valence-electron chi connectivity index (χ4n) is 6.64. The maximum atomic E-state index is 13.8. The van der Waals surface area contributed by atoms with Gasteiger partial charge in [-0.25, -0.2) is 14.8 Å². The summed E-state index contributed by atoms with van der Waals surface area (Å²) in [5.74, 6) is 0.623. The number of morpholine rings is 1. The summed E-state index contributed by atoms with van der Waals surface area (Å²) in [5.41, 5.74) is 3.64. The lowest BCUT2D eigenvalue weighted by molar-refractivity contribution is -0.129. The topological polar surface area (TPSA) is 177 Å². The van der Waals surface area contributed by atoms with Crippen LogP contribution >= 0.6 is 0 Å². The Morgan fingerprint density at radius 3 is 2.23 bits per heavy atom. The van der Waals surface area contributed by atoms with Gasteiger partial charge in [0.15, 0.2) is 0 Å². The Labute approximate surface area is 303 Å². The second kappa shape index (κ2) is 16.9. The third-order valence-electron chi connectivity index (χ3n) is 9.51. The third kappa shape index (κ3) is 10.2. The Hall–Kier alpha value is -5.24. The molecule has 0 unspecified atom stereocenters. The molecule has 2 aromatic carbocycles. The number of aromatic nitrogens is 6. The van der Waals surface area contributed by atoms with Crippen molar-refractivity contribution in [2.45, 2.75) is 64.9 Å². The van der Waals surface area contributed by atoms with Crippen molar-refractivity contribution in [3.8, 4) is 22.5 Å². The summed E-state index contributed by atoms with van der Waals surface area (Å²) in [6.45, 7) is 8.90. The fourth-order valence-corrected chi connectivity index (χ4v) is 6.64. The van der Waals surface area contributed by atoms with Crippen LogP contribution in [0.3, 0.4) is 0 Å². The minimum atomic E-state index is -0.571. The molecule has 52 heavy (non-hydrogen) atoms. The molecule has 2 fully saturated rings. The smallest absolute Gasteiger partial charge is 0.407 e. The summed E-state index contributed by atoms with van der Waals surface area (Å²) in [6.07, 6.45) is 6.88. The van der Waals surface area contributed by atoms with Crippen molar-refractivity contribution in [1.29, 1.82) is 0 Å². The van der Waals surface area contributed by atoms with Crippen LogP contribution in [0.4, 0.5) is 16.4 Å². The molecule has 2 amide bonds. The van der Waals surface area contributed by atoms with Crippen LogP contribution in [0.5, 0.6) is 0 Å². The summed E-state index contributed by atoms with van der Waals surface area (Å²) in [6, 6.07) is 15.2. The Morgan fingerprint density at radius 1 is 0.923 bits per heavy atom. The predicted octanol–water partition coefficient (Wildman–Crippen LogP) is 5.25. The van der Waals surface area contributed by atoms with Gasteiger partial charge >= 0.3 is 6.09 Å². The number of nitrogens with one attached hydrogen (secondary N) is 3. The van der Waals surface area contributed by atoms with E-state index in [0.717, 1.165) is 61.0 Å². The summed E-state index contributed by atoms with van der Waals surface area (Å²) in [5, 5.41) is 19.9. The van der Waals surface area contributed by atoms with Crippen molar-refractivity contribution in [3.63, 3.8) is 0 Å². The molecule has 1 aliphatic heterocycles. The van der Waals surface area contributed by atoms with Gasteiger partial charge < -0.3 is 25.0 Å². The fraction of sp³-hybridized carbons (Fsp3) is 0.474. The number of H-pyrrole nitrogens is 1. The van der Waals surface area contributed by atoms with Crippen molar-refractivity contribution >= 4 is 29.4 Å². The van der Waals surface area contributed by atoms with Crippen LogP contribution in [0.25, 0.3) is 22.5 Å². The number of Topliss-reactive ketones (excluding diaryl/α,β-unsaturated/α-hetero) is 1. The number of amides is 2. The van der Waals surface area contributed by atoms with Gasteiger partial charge in [-0.1, -0.05) is 24.3 Å². The molecule has 14 nitrogen and oxygen atoms in total. The van der Waals surface area contributed by atoms with E-state index < -0.39 is 17.6 Å². The van der Waals surface area contributed by atoms with Crippen LogP contribution in [0.2, 0.25) is 0 Å². The molecule has 4 aromatic rings. The zero-order chi connectivity index (χ0) is 36.5. The number of nitrogens with zero attached hydrogens (tertiary/aromatic N) is 6. The van der Waals surface area contributed by atoms with Crippen LogP contribution in [0.15, 0.2) is 60.9 Å². The first-order valence-corrected chi connectivity index (χ1v) is 18.0. The first-order chi connectivity index (χ1) is 25.1. The first-order valence-electron chi connectivity index (χ1n) is 18.0. The summed E-state index contributed by atoms with van der Waals surface area (Å²) < 4.78 is 10.8. The largest absolute Gasteiger partial charge is 0.444 e. The molecule has 3 N–H and O–H groups in total. The minimum Gasteiger partial charge on any atom is -0.444 e. The molecule has 0 bridgehead atoms. The molecule has 274 valence electrons. The average molecular weight is 710 g/mol. The maximum absolute atomic E-state index is 13.8. The number of ketones is 1. The van der Waals surface area contributed by atoms with E-state index in [0.29, 0.717) is 43.6 Å². The molecule has 0 radical (unpaired) electrons. The quantitative estimate of drug-likeness (QED) is 0.175. The lowest BCUT2D eigenvalue weighted by atomic mass is 9.77. The van der Waals surface area contributed by atoms with Gasteiger partial charge in [0.1, 0.15) is 11.4 Å². The number of hydrogen-bond donors (Lipinski definition) is 3. The number of rotatable bonds is 12. The van der Waals surface area contributed by atoms with Crippen LogP contribution in [0, 0.1) is 17.8 Å². The highest BCUT2D eigenvalue weighted by molar-refractivity contribution is 5.96. The van der Waals surface area contributed by atoms with E-state index in [4.69, 9.17) is 9.47 Å². The second-order valence-electron chi connectivity index (χ2n) is 14.5. The molecule has 3 heterocycles. The standard InChI is InChI=1S/C38H47N9O5/c1-38(2,3)52-37(50)41-22-26-6-10-28(11-7-26)33(48)21-30(35(49)42-32-14-12-29(13-15-32)34-43-45-46-44-34)20-25-4-8-27(9-5-25)31-23-39-36(40-24-31)47-16-18-51-19-17-47/h4-5,8-9,12-15,23-24,26,28,30H,6-7,10-11,16-22H2,1-3H3,(H,41,50)(H,42,49)(H,43,44,45,46)/t26?,28?,30-/m1/s1. The normalized spacial score (nSPS) is 18.3. The van der Waals surface area contributed by atoms with Crippen LogP contribution in [0.1, 0.15) is 58.4 Å². The number of benzene rings is 2. The molecule has 1 atom stereocenters. The van der Waals surface area contributed by atoms with Gasteiger partial charge in [-0.2, -0.15) is 5.21 Å². The van der Waals surface area contributed by atoms with Crippen LogP contribution in [-0.2, 0) is 25.5 Å². The Morgan fingerprint density at radius 2 is 1.60 bits per heavy atom. The van der Waals surface area contributed by atoms with Crippen molar-refractivity contribution in [1.82, 2.24) is 35.9 Å². The van der Waals surface area contributed by atoms with Crippen molar-refractivity contribution in [2.75, 3.05) is 43.1 Å². The Balaban J connectivity index is 1.09. The van der Waals surface area contributed by atoms with E-state index in [2.05, 4.69) is 46.1 Å². The van der Waals surface area contributed by atoms with Crippen molar-refractivity contribution < 1.29 is 23.9 Å². The van der Waals surface area contributed by atoms with E-state index in [9.17, 15) is 14.4 Å². The molecule has 2 aromatic heterocycles. The SMILES string of the molecule is CC(C)(C)OC(=O)NCC1CCC(C(=O)C[C@@H](Cc2ccc(-c3cnc(N4CCOCC4)nc3)cc2)C(=O)Nc2ccc(-c3nn[nH]n3)cc2)CC1. The average Bonchev–Trinajstić information content (AvgIpc) is 3.70. The van der Waals surface area contributed by atoms with Gasteiger partial charge in [0.25, 0.3) is 0 Å². The summed E-state index contributed by atoms with van der Waals surface area (Å²) in [7, 11) is 0. The second-order valence-corrected chi connectivity index (χ2v) is 14.5. The minimum absolute atomic E-state index is 0.0975. The molecular weight excluding hydrogens is 662 g/mol. The van der Waals surface area contributed by atoms with Gasteiger partial charge in [-0.05, 0) is 99.4 Å². The number of tetrazole rings is 1. The number of hydrogen-bond acceptors (Lipinski definition) is 11. The van der Waals surface area contributed by atoms with Gasteiger partial charge in [0.05, 0.1) is 13.2 Å². The van der Waals surface area contributed by atoms with Gasteiger partial charge in [-0.3, -0.25) is 9.59 Å². The van der Waals surface area contributed by atoms with Crippen LogP contribution in [-0.4, -0.2) is 86.8 Å². The molecular formula is C38H47N9O5. The highest BCUT2D eigenvalue weighted by Gasteiger charge is 2.31.